The van der Waals surface area contributed by atoms with Crippen LogP contribution in [0.4, 0.5) is 4.39 Å². The van der Waals surface area contributed by atoms with Crippen LogP contribution in [0.1, 0.15) is 36.6 Å². The smallest absolute Gasteiger partial charge is 0.241 e. The number of rotatable bonds is 5. The normalized spacial score (nSPS) is 20.2. The van der Waals surface area contributed by atoms with E-state index in [9.17, 15) is 9.18 Å². The quantitative estimate of drug-likeness (QED) is 0.845. The molecule has 5 heteroatoms. The summed E-state index contributed by atoms with van der Waals surface area (Å²) >= 11 is 0. The van der Waals surface area contributed by atoms with Crippen LogP contribution in [0.2, 0.25) is 0 Å². The minimum Gasteiger partial charge on any atom is -0.348 e. The summed E-state index contributed by atoms with van der Waals surface area (Å²) < 4.78 is 13.3. The van der Waals surface area contributed by atoms with Crippen molar-refractivity contribution < 1.29 is 9.18 Å². The molecule has 1 heterocycles. The van der Waals surface area contributed by atoms with Crippen molar-refractivity contribution >= 4 is 5.91 Å². The van der Waals surface area contributed by atoms with E-state index in [1.807, 2.05) is 6.92 Å². The third-order valence-corrected chi connectivity index (χ3v) is 6.65. The van der Waals surface area contributed by atoms with Crippen LogP contribution in [-0.2, 0) is 17.6 Å². The zero-order valence-corrected chi connectivity index (χ0v) is 17.3. The summed E-state index contributed by atoms with van der Waals surface area (Å²) in [7, 11) is 0. The van der Waals surface area contributed by atoms with Gasteiger partial charge < -0.3 is 10.2 Å². The van der Waals surface area contributed by atoms with Gasteiger partial charge in [-0.15, -0.1) is 0 Å². The highest BCUT2D eigenvalue weighted by atomic mass is 19.1. The molecule has 1 saturated heterocycles. The van der Waals surface area contributed by atoms with Crippen LogP contribution in [-0.4, -0.2) is 54.0 Å². The molecule has 1 fully saturated rings. The Morgan fingerprint density at radius 3 is 2.17 bits per heavy atom. The van der Waals surface area contributed by atoms with Crippen LogP contribution >= 0.6 is 0 Å². The Balaban J connectivity index is 1.57. The molecule has 2 aromatic carbocycles. The third kappa shape index (κ3) is 3.94. The molecule has 0 spiro atoms. The number of carbonyl (C=O) groups excluding carboxylic acids is 1. The van der Waals surface area contributed by atoms with Crippen LogP contribution in [0.25, 0.3) is 0 Å². The number of benzene rings is 2. The van der Waals surface area contributed by atoms with Gasteiger partial charge in [0.1, 0.15) is 11.4 Å². The average molecular weight is 396 g/mol. The molecule has 1 amide bonds. The lowest BCUT2D eigenvalue weighted by Gasteiger charge is -2.45. The fourth-order valence-corrected chi connectivity index (χ4v) is 4.78. The second kappa shape index (κ2) is 8.25. The number of carbonyl (C=O) groups is 1. The molecule has 2 aromatic rings. The van der Waals surface area contributed by atoms with Gasteiger partial charge in [-0.25, -0.2) is 4.39 Å². The van der Waals surface area contributed by atoms with Crippen molar-refractivity contribution in [3.8, 4) is 0 Å². The lowest BCUT2D eigenvalue weighted by Crippen LogP contribution is -2.64. The molecule has 1 atom stereocenters. The predicted molar refractivity (Wildman–Crippen MR) is 113 cm³/mol. The summed E-state index contributed by atoms with van der Waals surface area (Å²) in [6.07, 6.45) is 1.49. The predicted octanol–water partition coefficient (Wildman–Crippen LogP) is 3.18. The van der Waals surface area contributed by atoms with Crippen LogP contribution in [0.5, 0.6) is 0 Å². The van der Waals surface area contributed by atoms with E-state index in [2.05, 4.69) is 46.3 Å². The van der Waals surface area contributed by atoms with Crippen molar-refractivity contribution in [2.45, 2.75) is 38.3 Å². The zero-order chi connectivity index (χ0) is 20.4. The first-order chi connectivity index (χ1) is 14.0. The summed E-state index contributed by atoms with van der Waals surface area (Å²) in [5.41, 5.74) is 2.92. The Hall–Kier alpha value is -2.24. The van der Waals surface area contributed by atoms with Gasteiger partial charge in [-0.3, -0.25) is 9.69 Å². The van der Waals surface area contributed by atoms with Gasteiger partial charge in [0, 0.05) is 39.0 Å². The highest BCUT2D eigenvalue weighted by Gasteiger charge is 2.49. The highest BCUT2D eigenvalue weighted by molar-refractivity contribution is 5.88. The number of nitrogens with one attached hydrogen (secondary N) is 1. The second-order valence-corrected chi connectivity index (χ2v) is 8.32. The Morgan fingerprint density at radius 1 is 1.03 bits per heavy atom. The van der Waals surface area contributed by atoms with Gasteiger partial charge >= 0.3 is 0 Å². The highest BCUT2D eigenvalue weighted by Crippen LogP contribution is 2.36. The fourth-order valence-electron chi connectivity index (χ4n) is 4.78. The molecule has 0 saturated carbocycles. The maximum atomic E-state index is 13.7. The number of piperazine rings is 1. The summed E-state index contributed by atoms with van der Waals surface area (Å²) in [5, 5.41) is 3.24. The number of hydrogen-bond acceptors (Lipinski definition) is 3. The maximum absolute atomic E-state index is 13.7. The Labute approximate surface area is 172 Å². The van der Waals surface area contributed by atoms with Crippen molar-refractivity contribution in [2.75, 3.05) is 32.7 Å². The topological polar surface area (TPSA) is 35.6 Å². The van der Waals surface area contributed by atoms with E-state index in [1.54, 1.807) is 12.1 Å². The first kappa shape index (κ1) is 20.0. The molecule has 29 heavy (non-hydrogen) atoms. The number of hydrogen-bond donors (Lipinski definition) is 1. The van der Waals surface area contributed by atoms with Gasteiger partial charge in [0.25, 0.3) is 0 Å². The molecule has 1 aliphatic carbocycles. The fraction of sp³-hybridized carbons (Fsp3) is 0.458. The number of halogens is 1. The van der Waals surface area contributed by atoms with Crippen molar-refractivity contribution in [1.82, 2.24) is 15.1 Å². The van der Waals surface area contributed by atoms with Gasteiger partial charge in [0.2, 0.25) is 5.91 Å². The molecular formula is C24H30FN3O. The largest absolute Gasteiger partial charge is 0.348 e. The van der Waals surface area contributed by atoms with E-state index >= 15 is 0 Å². The molecule has 4 nitrogen and oxygen atoms in total. The van der Waals surface area contributed by atoms with Crippen molar-refractivity contribution in [2.24, 2.45) is 0 Å². The SMILES string of the molecule is CCN1CCN(C2(C(=O)N[C@@H](C)c3ccc(F)cc3)Cc3ccccc3C2)CC1. The minimum absolute atomic E-state index is 0.0791. The lowest BCUT2D eigenvalue weighted by molar-refractivity contribution is -0.135. The number of nitrogens with zero attached hydrogens (tertiary/aromatic N) is 2. The van der Waals surface area contributed by atoms with Gasteiger partial charge in [-0.05, 0) is 42.3 Å². The summed E-state index contributed by atoms with van der Waals surface area (Å²) in [5.74, 6) is -0.181. The lowest BCUT2D eigenvalue weighted by atomic mass is 9.90. The van der Waals surface area contributed by atoms with Crippen LogP contribution in [0.15, 0.2) is 48.5 Å². The molecule has 0 aromatic heterocycles. The van der Waals surface area contributed by atoms with E-state index in [1.165, 1.54) is 23.3 Å². The zero-order valence-electron chi connectivity index (χ0n) is 17.3. The monoisotopic (exact) mass is 395 g/mol. The molecule has 1 aliphatic heterocycles. The Morgan fingerprint density at radius 2 is 1.62 bits per heavy atom. The maximum Gasteiger partial charge on any atom is 0.241 e. The molecule has 0 unspecified atom stereocenters. The molecule has 0 bridgehead atoms. The van der Waals surface area contributed by atoms with Crippen LogP contribution in [0, 0.1) is 5.82 Å². The van der Waals surface area contributed by atoms with Gasteiger partial charge in [-0.2, -0.15) is 0 Å². The molecular weight excluding hydrogens is 365 g/mol. The second-order valence-electron chi connectivity index (χ2n) is 8.32. The summed E-state index contributed by atoms with van der Waals surface area (Å²) in [6, 6.07) is 14.6. The van der Waals surface area contributed by atoms with Crippen molar-refractivity contribution in [3.05, 3.63) is 71.0 Å². The summed E-state index contributed by atoms with van der Waals surface area (Å²) in [4.78, 5) is 18.5. The number of likely N-dealkylation sites (N-methyl/N-ethyl adjacent to an activating group) is 1. The average Bonchev–Trinajstić information content (AvgIpc) is 3.15. The van der Waals surface area contributed by atoms with E-state index in [4.69, 9.17) is 0 Å². The van der Waals surface area contributed by atoms with Gasteiger partial charge in [0.05, 0.1) is 6.04 Å². The van der Waals surface area contributed by atoms with Crippen LogP contribution in [0.3, 0.4) is 0 Å². The first-order valence-electron chi connectivity index (χ1n) is 10.6. The van der Waals surface area contributed by atoms with Crippen molar-refractivity contribution in [1.29, 1.82) is 0 Å². The Bertz CT molecular complexity index is 834. The van der Waals surface area contributed by atoms with E-state index in [0.29, 0.717) is 0 Å². The number of fused-ring (bicyclic) bond motifs is 1. The van der Waals surface area contributed by atoms with Crippen molar-refractivity contribution in [3.63, 3.8) is 0 Å². The van der Waals surface area contributed by atoms with E-state index in [0.717, 1.165) is 51.1 Å². The minimum atomic E-state index is -0.544. The number of amides is 1. The first-order valence-corrected chi connectivity index (χ1v) is 10.6. The molecule has 0 radical (unpaired) electrons. The van der Waals surface area contributed by atoms with Gasteiger partial charge in [-0.1, -0.05) is 43.3 Å². The van der Waals surface area contributed by atoms with E-state index in [-0.39, 0.29) is 17.8 Å². The molecule has 1 N–H and O–H groups in total. The third-order valence-electron chi connectivity index (χ3n) is 6.65. The molecule has 154 valence electrons. The summed E-state index contributed by atoms with van der Waals surface area (Å²) in [6.45, 7) is 9.00. The van der Waals surface area contributed by atoms with Crippen LogP contribution < -0.4 is 5.32 Å². The van der Waals surface area contributed by atoms with Gasteiger partial charge in [0.15, 0.2) is 0 Å². The molecule has 2 aliphatic rings. The molecule has 4 rings (SSSR count). The Kier molecular flexibility index (Phi) is 5.70. The standard InChI is InChI=1S/C24H30FN3O/c1-3-27-12-14-28(15-13-27)24(16-20-6-4-5-7-21(20)17-24)23(29)26-18(2)19-8-10-22(25)11-9-19/h4-11,18H,3,12-17H2,1-2H3,(H,26,29)/t18-/m0/s1. The van der Waals surface area contributed by atoms with E-state index < -0.39 is 5.54 Å².